The lowest BCUT2D eigenvalue weighted by Crippen LogP contribution is -2.24. The number of fused-ring (bicyclic) bond motifs is 2. The molecule has 728 valence electrons. The zero-order valence-corrected chi connectivity index (χ0v) is 82.9. The number of phenolic OH excluding ortho intramolecular Hbond substituents is 2. The number of para-hydroxylation sites is 1. The number of hydrogen-bond acceptors (Lipinski definition) is 24. The van der Waals surface area contributed by atoms with Crippen LogP contribution in [0, 0.1) is 41.6 Å². The molecule has 12 aromatic rings. The highest BCUT2D eigenvalue weighted by molar-refractivity contribution is 14.1. The molecule has 2 saturated carbocycles. The van der Waals surface area contributed by atoms with Crippen LogP contribution in [-0.4, -0.2) is 124 Å². The Labute approximate surface area is 850 Å². The summed E-state index contributed by atoms with van der Waals surface area (Å²) in [6.07, 6.45) is 25.6. The van der Waals surface area contributed by atoms with E-state index in [4.69, 9.17) is 21.8 Å². The van der Waals surface area contributed by atoms with E-state index < -0.39 is 15.8 Å². The first kappa shape index (κ1) is 109. The van der Waals surface area contributed by atoms with E-state index in [2.05, 4.69) is 124 Å². The maximum atomic E-state index is 12.1. The maximum absolute atomic E-state index is 12.1. The maximum Gasteiger partial charge on any atom is 0.324 e. The number of non-ortho nitro benzene ring substituents is 1. The summed E-state index contributed by atoms with van der Waals surface area (Å²) in [4.78, 5) is 117. The number of nitro benzene ring substituents is 1. The minimum atomic E-state index is -0.552. The normalized spacial score (nSPS) is 13.7. The molecule has 10 aromatic carbocycles. The second-order valence-corrected chi connectivity index (χ2v) is 36.1. The lowest BCUT2D eigenvalue weighted by atomic mass is 9.90. The Kier molecular flexibility index (Phi) is 48.0. The minimum Gasteiger partial charge on any atom is -0.508 e. The Bertz CT molecular complexity index is 6160. The number of thiophene rings is 2. The standard InChI is InChI=1S/C17H18BrN3O.C16H15N3O2S.C16H20N2O.C14H11ClN2O2.C14H11IN2O2.C14H11N3O3.C13H19N3O3S/c18-15-7-4-6-14(12-15)13-20-21-17(22)10-5-11-19-16-8-2-1-3-9-16;20-15-7-2-8-19(15)13-5-1-4-12(10-13)16(21)18-17-11-14-6-3-9-22-14;19-16(10-12-4-2-1-3-5-12)18-17-11-15-9-13-6-7-14(15)8-13;2*15-12-3-1-2-10(8-12)9-16-17-14(19)11-4-6-13(18)7-5-11;18-14(12-7-4-8-13(9-12)17(19)20)16-15-10-11-5-2-1-3-6-11;1-2-3-4-5-6-7-12(17)15-14-10-11-8-9-13(20-11)16(18)19/h1-4,6-9,12-13,19H,5,10-11H2,(H,21,22);1,3-6,9-11H,2,7-8H2,(H,18,21);1-5,11,13-15H,6-10H2,(H,18,19);2*1-9,18H,(H,17,19);1-10H,(H,16,18);8-10H,2-7H2,1H3,(H,15,17)/b20-13+;2*17-11+;2*16-9+;15-10+;14-10+. The van der Waals surface area contributed by atoms with E-state index in [0.717, 1.165) is 114 Å². The number of benzene rings is 10. The van der Waals surface area contributed by atoms with Crippen molar-refractivity contribution in [3.63, 3.8) is 0 Å². The summed E-state index contributed by atoms with van der Waals surface area (Å²) >= 11 is 14.0. The molecular weight excluding hydrogens is 2030 g/mol. The van der Waals surface area contributed by atoms with Gasteiger partial charge in [0.2, 0.25) is 23.6 Å². The summed E-state index contributed by atoms with van der Waals surface area (Å²) < 4.78 is 2.08. The fraction of sp³-hybridized carbons (Fsp3) is 0.202. The van der Waals surface area contributed by atoms with E-state index in [1.165, 1.54) is 136 Å². The molecule has 1 aliphatic heterocycles. The molecule has 141 heavy (non-hydrogen) atoms. The molecule has 32 nitrogen and oxygen atoms in total. The number of nitro groups is 2. The first-order chi connectivity index (χ1) is 68.4. The van der Waals surface area contributed by atoms with E-state index in [9.17, 15) is 58.6 Å². The Hall–Kier alpha value is -15.3. The second-order valence-electron chi connectivity index (χ2n) is 31.4. The van der Waals surface area contributed by atoms with Crippen LogP contribution in [0.1, 0.15) is 176 Å². The van der Waals surface area contributed by atoms with Crippen molar-refractivity contribution in [1.82, 2.24) is 38.0 Å². The monoisotopic (exact) mass is 2130 g/mol. The number of aromatic hydroxyl groups is 2. The van der Waals surface area contributed by atoms with Crippen LogP contribution < -0.4 is 48.2 Å². The highest BCUT2D eigenvalue weighted by atomic mass is 127. The molecule has 2 bridgehead atoms. The van der Waals surface area contributed by atoms with E-state index in [1.54, 1.807) is 77.3 Å². The second kappa shape index (κ2) is 61.9. The summed E-state index contributed by atoms with van der Waals surface area (Å²) in [5.41, 5.74) is 25.0. The number of hydrazone groups is 7. The van der Waals surface area contributed by atoms with Gasteiger partial charge in [-0.25, -0.2) is 38.0 Å². The van der Waals surface area contributed by atoms with Crippen molar-refractivity contribution < 1.29 is 58.4 Å². The van der Waals surface area contributed by atoms with Gasteiger partial charge >= 0.3 is 5.00 Å². The van der Waals surface area contributed by atoms with Crippen LogP contribution in [0.4, 0.5) is 22.1 Å². The number of carbonyl (C=O) groups is 8. The zero-order valence-electron chi connectivity index (χ0n) is 76.7. The summed E-state index contributed by atoms with van der Waals surface area (Å²) in [7, 11) is 0. The van der Waals surface area contributed by atoms with Crippen LogP contribution >= 0.6 is 72.8 Å². The molecule has 1 saturated heterocycles. The number of hydrogen-bond donors (Lipinski definition) is 10. The number of carbonyl (C=O) groups excluding carboxylic acids is 8. The van der Waals surface area contributed by atoms with E-state index >= 15 is 0 Å². The summed E-state index contributed by atoms with van der Waals surface area (Å²) in [5, 5.41) is 72.6. The van der Waals surface area contributed by atoms with Gasteiger partial charge in [0.25, 0.3) is 29.3 Å². The summed E-state index contributed by atoms with van der Waals surface area (Å²) in [6, 6.07) is 82.8. The lowest BCUT2D eigenvalue weighted by Gasteiger charge is -2.16. The van der Waals surface area contributed by atoms with Gasteiger partial charge in [-0.2, -0.15) is 35.7 Å². The van der Waals surface area contributed by atoms with Gasteiger partial charge in [-0.3, -0.25) is 58.6 Å². The van der Waals surface area contributed by atoms with Crippen molar-refractivity contribution in [3.8, 4) is 11.5 Å². The first-order valence-electron chi connectivity index (χ1n) is 44.8. The Morgan fingerprint density at radius 2 is 1.01 bits per heavy atom. The molecule has 37 heteroatoms. The molecule has 10 N–H and O–H groups in total. The average Bonchev–Trinajstić information content (AvgIpc) is 1.67. The molecule has 3 fully saturated rings. The van der Waals surface area contributed by atoms with Crippen LogP contribution in [0.2, 0.25) is 5.02 Å². The third-order valence-electron chi connectivity index (χ3n) is 20.7. The molecule has 8 amide bonds. The fourth-order valence-electron chi connectivity index (χ4n) is 13.7. The quantitative estimate of drug-likeness (QED) is 0.00589. The average molecular weight is 2140 g/mol. The first-order valence-corrected chi connectivity index (χ1v) is 48.8. The predicted octanol–water partition coefficient (Wildman–Crippen LogP) is 20.6. The molecule has 3 atom stereocenters. The molecule has 0 spiro atoms. The number of nitrogens with one attached hydrogen (secondary N) is 8. The van der Waals surface area contributed by atoms with Gasteiger partial charge in [0.1, 0.15) is 11.5 Å². The van der Waals surface area contributed by atoms with Crippen molar-refractivity contribution in [3.05, 3.63) is 384 Å². The number of amides is 8. The molecule has 15 rings (SSSR count). The number of anilines is 2. The van der Waals surface area contributed by atoms with Gasteiger partial charge in [-0.1, -0.05) is 211 Å². The van der Waals surface area contributed by atoms with Crippen LogP contribution in [-0.2, 0) is 25.6 Å². The van der Waals surface area contributed by atoms with E-state index in [0.29, 0.717) is 64.7 Å². The van der Waals surface area contributed by atoms with Crippen molar-refractivity contribution in [2.24, 2.45) is 53.5 Å². The predicted molar refractivity (Wildman–Crippen MR) is 569 cm³/mol. The third-order valence-corrected chi connectivity index (χ3v) is 23.9. The number of phenols is 2. The van der Waals surface area contributed by atoms with Gasteiger partial charge < -0.3 is 20.4 Å². The third kappa shape index (κ3) is 42.7. The van der Waals surface area contributed by atoms with Crippen molar-refractivity contribution in [2.45, 2.75) is 103 Å². The molecule has 0 radical (unpaired) electrons. The molecule has 2 aromatic heterocycles. The molecule has 3 unspecified atom stereocenters. The smallest absolute Gasteiger partial charge is 0.324 e. The van der Waals surface area contributed by atoms with E-state index in [1.807, 2.05) is 175 Å². The molecule has 3 aliphatic rings. The van der Waals surface area contributed by atoms with Crippen LogP contribution in [0.15, 0.2) is 331 Å². The number of nitrogens with zero attached hydrogens (tertiary/aromatic N) is 10. The van der Waals surface area contributed by atoms with Crippen molar-refractivity contribution in [1.29, 1.82) is 0 Å². The topological polar surface area (TPSA) is 449 Å². The fourth-order valence-corrected chi connectivity index (χ4v) is 16.2. The summed E-state index contributed by atoms with van der Waals surface area (Å²) in [5.74, 6) is 0.973. The largest absolute Gasteiger partial charge is 0.508 e. The lowest BCUT2D eigenvalue weighted by molar-refractivity contribution is -0.384. The molecule has 2 aliphatic carbocycles. The zero-order chi connectivity index (χ0) is 101. The number of halogens is 3. The highest BCUT2D eigenvalue weighted by Crippen LogP contribution is 2.47. The number of rotatable bonds is 34. The van der Waals surface area contributed by atoms with Crippen LogP contribution in [0.3, 0.4) is 0 Å². The Morgan fingerprint density at radius 3 is 1.57 bits per heavy atom. The van der Waals surface area contributed by atoms with Gasteiger partial charge in [0.15, 0.2) is 0 Å². The SMILES string of the molecule is CCCCCCCC(=O)N/N=C/c1ccc([N+](=O)[O-])s1.O=C(CCCNc1ccccc1)N/N=C/c1cccc(Br)c1.O=C(Cc1ccccc1)N/N=C/C1CC2CCC1C2.O=C(N/N=C/c1cccc(Cl)c1)c1ccc(O)cc1.O=C(N/N=C/c1cccc(I)c1)c1ccc(O)cc1.O=C(N/N=C/c1ccccc1)c1cccc([N+](=O)[O-])c1.O=C(N/N=C/c1cccs1)c1cccc(N2CCCC2=O)c1. The van der Waals surface area contributed by atoms with E-state index in [-0.39, 0.29) is 69.1 Å². The van der Waals surface area contributed by atoms with Crippen molar-refractivity contribution >= 4 is 186 Å². The van der Waals surface area contributed by atoms with Gasteiger partial charge in [-0.15, -0.1) is 11.3 Å². The van der Waals surface area contributed by atoms with Crippen LogP contribution in [0.5, 0.6) is 11.5 Å². The number of unbranched alkanes of at least 4 members (excludes halogenated alkanes) is 4. The Balaban J connectivity index is 0.000000184. The van der Waals surface area contributed by atoms with Gasteiger partial charge in [0, 0.05) is 108 Å². The Morgan fingerprint density at radius 1 is 0.489 bits per heavy atom. The molecular formula is C104H105BrClIN18O14S2. The minimum absolute atomic E-state index is 0.0365. The van der Waals surface area contributed by atoms with Crippen molar-refractivity contribution in [2.75, 3.05) is 23.3 Å². The van der Waals surface area contributed by atoms with Gasteiger partial charge in [0.05, 0.1) is 58.4 Å². The van der Waals surface area contributed by atoms with Crippen LogP contribution in [0.25, 0.3) is 0 Å². The summed E-state index contributed by atoms with van der Waals surface area (Å²) in [6.45, 7) is 3.61. The molecule has 3 heterocycles. The van der Waals surface area contributed by atoms with Gasteiger partial charge in [-0.05, 0) is 246 Å². The highest BCUT2D eigenvalue weighted by Gasteiger charge is 2.38.